The summed E-state index contributed by atoms with van der Waals surface area (Å²) in [6.45, 7) is 13.5. The molecule has 3 fully saturated rings. The summed E-state index contributed by atoms with van der Waals surface area (Å²) < 4.78 is 0. The van der Waals surface area contributed by atoms with Gasteiger partial charge in [0.15, 0.2) is 0 Å². The summed E-state index contributed by atoms with van der Waals surface area (Å²) in [4.78, 5) is 0. The normalized spacial score (nSPS) is 40.6. The van der Waals surface area contributed by atoms with E-state index in [1.165, 1.54) is 32.1 Å². The molecule has 2 N–H and O–H groups in total. The van der Waals surface area contributed by atoms with Gasteiger partial charge in [-0.15, -0.1) is 0 Å². The van der Waals surface area contributed by atoms with E-state index < -0.39 is 12.2 Å². The first-order chi connectivity index (χ1) is 13.2. The molecule has 3 aliphatic rings. The Morgan fingerprint density at radius 3 is 2.57 bits per heavy atom. The number of hydrogen-bond acceptors (Lipinski definition) is 2. The molecule has 0 saturated heterocycles. The highest BCUT2D eigenvalue weighted by atomic mass is 16.3. The van der Waals surface area contributed by atoms with E-state index in [4.69, 9.17) is 0 Å². The highest BCUT2D eigenvalue weighted by molar-refractivity contribution is 5.38. The van der Waals surface area contributed by atoms with Crippen LogP contribution in [0.15, 0.2) is 47.6 Å². The van der Waals surface area contributed by atoms with Crippen molar-refractivity contribution in [3.8, 4) is 0 Å². The molecule has 3 rings (SSSR count). The third-order valence-electron chi connectivity index (χ3n) is 7.74. The molecule has 156 valence electrons. The van der Waals surface area contributed by atoms with E-state index in [9.17, 15) is 10.2 Å². The van der Waals surface area contributed by atoms with Crippen LogP contribution in [-0.4, -0.2) is 22.4 Å². The van der Waals surface area contributed by atoms with Gasteiger partial charge in [0.05, 0.1) is 12.2 Å². The SMILES string of the molecule is C=C1C(=CC=C2CCC[C@@]3(C)C2CC[C@@H]3[C@H](C)C=CC(C)C)C[C@@H](O)C[C@@H]1O. The van der Waals surface area contributed by atoms with Crippen LogP contribution in [0.2, 0.25) is 0 Å². The van der Waals surface area contributed by atoms with Crippen LogP contribution in [0.1, 0.15) is 72.6 Å². The highest BCUT2D eigenvalue weighted by Crippen LogP contribution is 2.59. The van der Waals surface area contributed by atoms with Gasteiger partial charge in [-0.05, 0) is 78.8 Å². The molecule has 0 aromatic carbocycles. The number of allylic oxidation sites excluding steroid dienone is 5. The van der Waals surface area contributed by atoms with Crippen molar-refractivity contribution in [3.05, 3.63) is 47.6 Å². The van der Waals surface area contributed by atoms with Crippen LogP contribution in [0.3, 0.4) is 0 Å². The maximum Gasteiger partial charge on any atom is 0.0811 e. The predicted octanol–water partition coefficient (Wildman–Crippen LogP) is 5.98. The second kappa shape index (κ2) is 8.71. The number of fused-ring (bicyclic) bond motifs is 1. The highest BCUT2D eigenvalue weighted by Gasteiger charge is 2.50. The summed E-state index contributed by atoms with van der Waals surface area (Å²) in [5, 5.41) is 20.1. The van der Waals surface area contributed by atoms with E-state index in [0.29, 0.717) is 36.0 Å². The third-order valence-corrected chi connectivity index (χ3v) is 7.74. The minimum absolute atomic E-state index is 0.395. The minimum Gasteiger partial charge on any atom is -0.393 e. The van der Waals surface area contributed by atoms with Crippen molar-refractivity contribution >= 4 is 0 Å². The fraction of sp³-hybridized carbons (Fsp3) is 0.692. The minimum atomic E-state index is -0.602. The lowest BCUT2D eigenvalue weighted by Crippen LogP contribution is -2.35. The van der Waals surface area contributed by atoms with Gasteiger partial charge in [0.1, 0.15) is 0 Å². The molecule has 6 atom stereocenters. The standard InChI is InChI=1S/C26H40O2/c1-17(2)8-9-18(3)23-12-13-24-20(7-6-14-26(23,24)5)10-11-21-15-22(27)16-25(28)19(21)4/h8-11,17-18,22-25,27-28H,4,6-7,12-16H2,1-3,5H3/t18-,22-,23-,24?,25+,26-/m1/s1. The Morgan fingerprint density at radius 1 is 1.11 bits per heavy atom. The van der Waals surface area contributed by atoms with Crippen molar-refractivity contribution in [2.24, 2.45) is 29.1 Å². The molecule has 0 spiro atoms. The van der Waals surface area contributed by atoms with Crippen LogP contribution in [0.25, 0.3) is 0 Å². The van der Waals surface area contributed by atoms with Crippen molar-refractivity contribution < 1.29 is 10.2 Å². The summed E-state index contributed by atoms with van der Waals surface area (Å²) in [6, 6.07) is 0. The van der Waals surface area contributed by atoms with Crippen molar-refractivity contribution in [2.75, 3.05) is 0 Å². The van der Waals surface area contributed by atoms with Gasteiger partial charge >= 0.3 is 0 Å². The van der Waals surface area contributed by atoms with E-state index in [1.54, 1.807) is 5.57 Å². The molecule has 0 heterocycles. The smallest absolute Gasteiger partial charge is 0.0811 e. The lowest BCUT2D eigenvalue weighted by molar-refractivity contribution is 0.0862. The number of rotatable bonds is 4. The lowest BCUT2D eigenvalue weighted by Gasteiger charge is -2.44. The average Bonchev–Trinajstić information content (AvgIpc) is 2.99. The zero-order chi connectivity index (χ0) is 20.5. The van der Waals surface area contributed by atoms with Gasteiger partial charge in [0.2, 0.25) is 0 Å². The summed E-state index contributed by atoms with van der Waals surface area (Å²) in [7, 11) is 0. The topological polar surface area (TPSA) is 40.5 Å². The van der Waals surface area contributed by atoms with E-state index in [2.05, 4.69) is 58.6 Å². The van der Waals surface area contributed by atoms with Crippen LogP contribution in [0, 0.1) is 29.1 Å². The summed E-state index contributed by atoms with van der Waals surface area (Å²) in [5.41, 5.74) is 3.78. The second-order valence-corrected chi connectivity index (χ2v) is 10.2. The first-order valence-electron chi connectivity index (χ1n) is 11.4. The first-order valence-corrected chi connectivity index (χ1v) is 11.4. The van der Waals surface area contributed by atoms with Crippen LogP contribution in [0.5, 0.6) is 0 Å². The van der Waals surface area contributed by atoms with Crippen LogP contribution >= 0.6 is 0 Å². The van der Waals surface area contributed by atoms with Crippen LogP contribution in [0.4, 0.5) is 0 Å². The summed E-state index contributed by atoms with van der Waals surface area (Å²) in [5.74, 6) is 2.69. The second-order valence-electron chi connectivity index (χ2n) is 10.2. The number of aliphatic hydroxyl groups excluding tert-OH is 2. The van der Waals surface area contributed by atoms with Gasteiger partial charge in [-0.25, -0.2) is 0 Å². The Kier molecular flexibility index (Phi) is 6.72. The number of aliphatic hydroxyl groups is 2. The molecule has 2 heteroatoms. The molecule has 0 radical (unpaired) electrons. The largest absolute Gasteiger partial charge is 0.393 e. The fourth-order valence-corrected chi connectivity index (χ4v) is 6.14. The monoisotopic (exact) mass is 384 g/mol. The van der Waals surface area contributed by atoms with Crippen molar-refractivity contribution in [1.29, 1.82) is 0 Å². The Labute approximate surface area is 172 Å². The first kappa shape index (κ1) is 21.6. The fourth-order valence-electron chi connectivity index (χ4n) is 6.14. The molecule has 3 aliphatic carbocycles. The Bertz CT molecular complexity index is 668. The zero-order valence-corrected chi connectivity index (χ0v) is 18.3. The van der Waals surface area contributed by atoms with Gasteiger partial charge in [0, 0.05) is 6.42 Å². The molecule has 28 heavy (non-hydrogen) atoms. The van der Waals surface area contributed by atoms with Crippen molar-refractivity contribution in [2.45, 2.75) is 84.8 Å². The zero-order valence-electron chi connectivity index (χ0n) is 18.3. The van der Waals surface area contributed by atoms with E-state index in [-0.39, 0.29) is 0 Å². The van der Waals surface area contributed by atoms with Crippen molar-refractivity contribution in [1.82, 2.24) is 0 Å². The van der Waals surface area contributed by atoms with Gasteiger partial charge in [-0.1, -0.05) is 64.2 Å². The summed E-state index contributed by atoms with van der Waals surface area (Å²) in [6.07, 6.45) is 15.7. The third kappa shape index (κ3) is 4.39. The molecule has 0 aliphatic heterocycles. The molecule has 3 saturated carbocycles. The average molecular weight is 385 g/mol. The summed E-state index contributed by atoms with van der Waals surface area (Å²) >= 11 is 0. The van der Waals surface area contributed by atoms with Crippen LogP contribution in [-0.2, 0) is 0 Å². The van der Waals surface area contributed by atoms with E-state index >= 15 is 0 Å². The van der Waals surface area contributed by atoms with E-state index in [0.717, 1.165) is 17.1 Å². The molecule has 0 aromatic heterocycles. The molecule has 0 bridgehead atoms. The molecule has 0 amide bonds. The Hall–Kier alpha value is -1.12. The predicted molar refractivity (Wildman–Crippen MR) is 118 cm³/mol. The van der Waals surface area contributed by atoms with E-state index in [1.807, 2.05) is 0 Å². The van der Waals surface area contributed by atoms with Crippen molar-refractivity contribution in [3.63, 3.8) is 0 Å². The molecular formula is C26H40O2. The quantitative estimate of drug-likeness (QED) is 0.586. The molecular weight excluding hydrogens is 344 g/mol. The molecule has 0 aromatic rings. The van der Waals surface area contributed by atoms with Gasteiger partial charge in [0.25, 0.3) is 0 Å². The van der Waals surface area contributed by atoms with Gasteiger partial charge in [-0.2, -0.15) is 0 Å². The number of hydrogen-bond donors (Lipinski definition) is 2. The van der Waals surface area contributed by atoms with Gasteiger partial charge in [-0.3, -0.25) is 0 Å². The molecule has 1 unspecified atom stereocenters. The maximum absolute atomic E-state index is 10.1. The Balaban J connectivity index is 1.79. The van der Waals surface area contributed by atoms with Crippen LogP contribution < -0.4 is 0 Å². The Morgan fingerprint density at radius 2 is 1.86 bits per heavy atom. The lowest BCUT2D eigenvalue weighted by atomic mass is 9.61. The van der Waals surface area contributed by atoms with Gasteiger partial charge < -0.3 is 10.2 Å². The molecule has 2 nitrogen and oxygen atoms in total. The maximum atomic E-state index is 10.1.